The lowest BCUT2D eigenvalue weighted by atomic mass is 10.0. The third-order valence-corrected chi connectivity index (χ3v) is 4.13. The molecule has 0 fully saturated rings. The summed E-state index contributed by atoms with van der Waals surface area (Å²) in [4.78, 5) is 0.849. The Morgan fingerprint density at radius 2 is 2.12 bits per heavy atom. The maximum Gasteiger partial charge on any atom is 0.123 e. The second kappa shape index (κ2) is 4.65. The lowest BCUT2D eigenvalue weighted by Crippen LogP contribution is -2.00. The lowest BCUT2D eigenvalue weighted by molar-refractivity contribution is 0.223. The molecule has 2 aromatic rings. The third kappa shape index (κ3) is 2.34. The van der Waals surface area contributed by atoms with E-state index < -0.39 is 6.10 Å². The molecule has 1 N–H and O–H groups in total. The van der Waals surface area contributed by atoms with Crippen LogP contribution in [0, 0.1) is 12.7 Å². The van der Waals surface area contributed by atoms with Crippen molar-refractivity contribution in [2.45, 2.75) is 13.0 Å². The van der Waals surface area contributed by atoms with Gasteiger partial charge in [0.25, 0.3) is 0 Å². The Bertz CT molecular complexity index is 509. The van der Waals surface area contributed by atoms with E-state index >= 15 is 0 Å². The van der Waals surface area contributed by atoms with E-state index in [0.29, 0.717) is 0 Å². The molecule has 0 aliphatic carbocycles. The zero-order valence-electron chi connectivity index (χ0n) is 8.58. The molecule has 0 bridgehead atoms. The van der Waals surface area contributed by atoms with E-state index in [0.717, 1.165) is 20.5 Å². The van der Waals surface area contributed by atoms with Crippen LogP contribution in [0.3, 0.4) is 0 Å². The summed E-state index contributed by atoms with van der Waals surface area (Å²) in [5, 5.41) is 12.1. The van der Waals surface area contributed by atoms with Gasteiger partial charge in [0.05, 0.1) is 0 Å². The first kappa shape index (κ1) is 11.8. The van der Waals surface area contributed by atoms with Crippen LogP contribution in [-0.2, 0) is 0 Å². The van der Waals surface area contributed by atoms with Gasteiger partial charge in [-0.05, 0) is 52.2 Å². The topological polar surface area (TPSA) is 20.2 Å². The van der Waals surface area contributed by atoms with Gasteiger partial charge < -0.3 is 5.11 Å². The predicted molar refractivity (Wildman–Crippen MR) is 67.2 cm³/mol. The monoisotopic (exact) mass is 300 g/mol. The van der Waals surface area contributed by atoms with Crippen molar-refractivity contribution in [2.75, 3.05) is 0 Å². The number of aryl methyl sites for hydroxylation is 1. The largest absolute Gasteiger partial charge is 0.383 e. The Morgan fingerprint density at radius 1 is 1.38 bits per heavy atom. The number of thiophene rings is 1. The quantitative estimate of drug-likeness (QED) is 0.887. The first-order valence-corrected chi connectivity index (χ1v) is 6.43. The van der Waals surface area contributed by atoms with E-state index in [9.17, 15) is 9.50 Å². The SMILES string of the molecule is Cc1cc(F)ccc1C(O)c1cc(Br)cs1. The molecule has 0 aliphatic rings. The van der Waals surface area contributed by atoms with Crippen molar-refractivity contribution in [1.29, 1.82) is 0 Å². The Morgan fingerprint density at radius 3 is 2.69 bits per heavy atom. The van der Waals surface area contributed by atoms with Gasteiger partial charge in [-0.2, -0.15) is 0 Å². The molecule has 1 heterocycles. The molecular formula is C12H10BrFOS. The standard InChI is InChI=1S/C12H10BrFOS/c1-7-4-9(14)2-3-10(7)12(15)11-5-8(13)6-16-11/h2-6,12,15H,1H3. The van der Waals surface area contributed by atoms with Gasteiger partial charge in [-0.3, -0.25) is 0 Å². The third-order valence-electron chi connectivity index (χ3n) is 2.38. The summed E-state index contributed by atoms with van der Waals surface area (Å²) in [6.07, 6.45) is -0.683. The first-order chi connectivity index (χ1) is 7.58. The Hall–Kier alpha value is -0.710. The zero-order valence-corrected chi connectivity index (χ0v) is 11.0. The average molecular weight is 301 g/mol. The molecular weight excluding hydrogens is 291 g/mol. The van der Waals surface area contributed by atoms with Gasteiger partial charge in [0.15, 0.2) is 0 Å². The highest BCUT2D eigenvalue weighted by atomic mass is 79.9. The van der Waals surface area contributed by atoms with Crippen LogP contribution in [-0.4, -0.2) is 5.11 Å². The van der Waals surface area contributed by atoms with E-state index in [2.05, 4.69) is 15.9 Å². The van der Waals surface area contributed by atoms with Gasteiger partial charge in [-0.25, -0.2) is 4.39 Å². The highest BCUT2D eigenvalue weighted by Gasteiger charge is 2.15. The van der Waals surface area contributed by atoms with E-state index in [-0.39, 0.29) is 5.82 Å². The summed E-state index contributed by atoms with van der Waals surface area (Å²) in [6.45, 7) is 1.80. The molecule has 0 saturated carbocycles. The molecule has 1 aromatic heterocycles. The van der Waals surface area contributed by atoms with E-state index in [1.54, 1.807) is 13.0 Å². The van der Waals surface area contributed by atoms with Gasteiger partial charge in [0.2, 0.25) is 0 Å². The number of hydrogen-bond donors (Lipinski definition) is 1. The van der Waals surface area contributed by atoms with Crippen LogP contribution in [0.2, 0.25) is 0 Å². The van der Waals surface area contributed by atoms with Crippen molar-refractivity contribution < 1.29 is 9.50 Å². The van der Waals surface area contributed by atoms with Gasteiger partial charge in [-0.15, -0.1) is 11.3 Å². The highest BCUT2D eigenvalue weighted by molar-refractivity contribution is 9.10. The number of halogens is 2. The molecule has 0 radical (unpaired) electrons. The maximum atomic E-state index is 12.9. The normalized spacial score (nSPS) is 12.8. The minimum Gasteiger partial charge on any atom is -0.383 e. The lowest BCUT2D eigenvalue weighted by Gasteiger charge is -2.11. The summed E-state index contributed by atoms with van der Waals surface area (Å²) in [5.41, 5.74) is 1.51. The van der Waals surface area contributed by atoms with Gasteiger partial charge in [-0.1, -0.05) is 6.07 Å². The molecule has 2 rings (SSSR count). The summed E-state index contributed by atoms with van der Waals surface area (Å²) in [6, 6.07) is 6.30. The summed E-state index contributed by atoms with van der Waals surface area (Å²) >= 11 is 4.82. The smallest absolute Gasteiger partial charge is 0.123 e. The fraction of sp³-hybridized carbons (Fsp3) is 0.167. The van der Waals surface area contributed by atoms with Gasteiger partial charge in [0, 0.05) is 14.7 Å². The molecule has 0 amide bonds. The second-order valence-electron chi connectivity index (χ2n) is 3.57. The molecule has 0 aliphatic heterocycles. The van der Waals surface area contributed by atoms with Crippen molar-refractivity contribution in [1.82, 2.24) is 0 Å². The van der Waals surface area contributed by atoms with Gasteiger partial charge >= 0.3 is 0 Å². The Labute approximate surface area is 106 Å². The van der Waals surface area contributed by atoms with Crippen LogP contribution in [0.1, 0.15) is 22.1 Å². The number of benzene rings is 1. The van der Waals surface area contributed by atoms with Crippen LogP contribution in [0.5, 0.6) is 0 Å². The fourth-order valence-electron chi connectivity index (χ4n) is 1.57. The van der Waals surface area contributed by atoms with Crippen LogP contribution in [0.4, 0.5) is 4.39 Å². The van der Waals surface area contributed by atoms with E-state index in [4.69, 9.17) is 0 Å². The summed E-state index contributed by atoms with van der Waals surface area (Å²) in [7, 11) is 0. The van der Waals surface area contributed by atoms with Crippen molar-refractivity contribution >= 4 is 27.3 Å². The van der Waals surface area contributed by atoms with Crippen LogP contribution in [0.25, 0.3) is 0 Å². The van der Waals surface area contributed by atoms with Crippen LogP contribution in [0.15, 0.2) is 34.1 Å². The van der Waals surface area contributed by atoms with Crippen molar-refractivity contribution in [3.05, 3.63) is 55.9 Å². The predicted octanol–water partition coefficient (Wildman–Crippen LogP) is 4.04. The molecule has 16 heavy (non-hydrogen) atoms. The molecule has 1 nitrogen and oxygen atoms in total. The van der Waals surface area contributed by atoms with E-state index in [1.165, 1.54) is 23.5 Å². The molecule has 4 heteroatoms. The number of rotatable bonds is 2. The Balaban J connectivity index is 2.37. The van der Waals surface area contributed by atoms with Crippen LogP contribution >= 0.6 is 27.3 Å². The Kier molecular flexibility index (Phi) is 3.42. The molecule has 1 aromatic carbocycles. The number of hydrogen-bond acceptors (Lipinski definition) is 2. The fourth-order valence-corrected chi connectivity index (χ4v) is 3.02. The number of aliphatic hydroxyl groups is 1. The maximum absolute atomic E-state index is 12.9. The minimum absolute atomic E-state index is 0.277. The summed E-state index contributed by atoms with van der Waals surface area (Å²) < 4.78 is 13.9. The highest BCUT2D eigenvalue weighted by Crippen LogP contribution is 2.31. The van der Waals surface area contributed by atoms with Gasteiger partial charge in [0.1, 0.15) is 11.9 Å². The van der Waals surface area contributed by atoms with Crippen molar-refractivity contribution in [2.24, 2.45) is 0 Å². The van der Waals surface area contributed by atoms with E-state index in [1.807, 2.05) is 11.4 Å². The summed E-state index contributed by atoms with van der Waals surface area (Å²) in [5.74, 6) is -0.277. The first-order valence-electron chi connectivity index (χ1n) is 4.76. The molecule has 84 valence electrons. The second-order valence-corrected chi connectivity index (χ2v) is 5.43. The van der Waals surface area contributed by atoms with Crippen LogP contribution < -0.4 is 0 Å². The van der Waals surface area contributed by atoms with Crippen molar-refractivity contribution in [3.63, 3.8) is 0 Å². The zero-order chi connectivity index (χ0) is 11.7. The van der Waals surface area contributed by atoms with Crippen molar-refractivity contribution in [3.8, 4) is 0 Å². The molecule has 0 spiro atoms. The molecule has 1 atom stereocenters. The minimum atomic E-state index is -0.683. The average Bonchev–Trinajstić information content (AvgIpc) is 2.64. The number of aliphatic hydroxyl groups excluding tert-OH is 1. The molecule has 1 unspecified atom stereocenters. The molecule has 0 saturated heterocycles.